The zero-order valence-corrected chi connectivity index (χ0v) is 17.9. The number of rotatable bonds is 2. The summed E-state index contributed by atoms with van der Waals surface area (Å²) in [4.78, 5) is 2.95. The van der Waals surface area contributed by atoms with Crippen LogP contribution >= 0.6 is 0 Å². The Bertz CT molecular complexity index is 919. The van der Waals surface area contributed by atoms with Crippen molar-refractivity contribution in [3.05, 3.63) is 36.0 Å². The van der Waals surface area contributed by atoms with E-state index in [1.807, 2.05) is 24.3 Å². The number of benzene rings is 1. The molecule has 4 rings (SSSR count). The van der Waals surface area contributed by atoms with Crippen molar-refractivity contribution < 1.29 is 38.4 Å². The van der Waals surface area contributed by atoms with E-state index in [0.29, 0.717) is 5.69 Å². The average molecular weight is 480 g/mol. The van der Waals surface area contributed by atoms with E-state index < -0.39 is 0 Å². The molecule has 1 aliphatic heterocycles. The molecule has 0 bridgehead atoms. The van der Waals surface area contributed by atoms with Gasteiger partial charge in [0, 0.05) is 17.9 Å². The Morgan fingerprint density at radius 1 is 1.11 bits per heavy atom. The first-order valence-corrected chi connectivity index (χ1v) is 9.12. The lowest BCUT2D eigenvalue weighted by atomic mass is 9.78. The molecule has 1 aromatic heterocycles. The van der Waals surface area contributed by atoms with Gasteiger partial charge in [-0.05, 0) is 17.9 Å². The first kappa shape index (κ1) is 20.0. The minimum absolute atomic E-state index is 0. The molecule has 2 aromatic rings. The largest absolute Gasteiger partial charge is 1.00 e. The van der Waals surface area contributed by atoms with Crippen molar-refractivity contribution in [2.24, 2.45) is 15.6 Å². The first-order valence-electron chi connectivity index (χ1n) is 9.12. The van der Waals surface area contributed by atoms with E-state index in [2.05, 4.69) is 39.7 Å². The third kappa shape index (κ3) is 4.40. The van der Waals surface area contributed by atoms with Crippen LogP contribution in [-0.2, 0) is 4.74 Å². The number of H-pyrrole nitrogens is 1. The zero-order valence-electron chi connectivity index (χ0n) is 15.7. The van der Waals surface area contributed by atoms with Gasteiger partial charge in [-0.15, -0.1) is 5.11 Å². The van der Waals surface area contributed by atoms with Crippen molar-refractivity contribution >= 4 is 22.3 Å². The van der Waals surface area contributed by atoms with Gasteiger partial charge in [-0.25, -0.2) is 4.58 Å². The SMILES string of the molecule is CC1(C)CC(N=Nc2c(O)[nH]c3ccccc23)=CC(=[N+]2CCOCC2)C1.[I-]. The summed E-state index contributed by atoms with van der Waals surface area (Å²) in [6.45, 7) is 7.93. The molecule has 2 heterocycles. The van der Waals surface area contributed by atoms with E-state index in [-0.39, 0.29) is 35.3 Å². The third-order valence-electron chi connectivity index (χ3n) is 5.01. The number of halogens is 1. The summed E-state index contributed by atoms with van der Waals surface area (Å²) >= 11 is 0. The van der Waals surface area contributed by atoms with Crippen LogP contribution in [0, 0.1) is 5.41 Å². The molecular formula is C20H25IN4O2. The fourth-order valence-corrected chi connectivity index (χ4v) is 3.78. The summed E-state index contributed by atoms with van der Waals surface area (Å²) in [5, 5.41) is 19.9. The number of azo groups is 1. The topological polar surface area (TPSA) is 73.0 Å². The second-order valence-corrected chi connectivity index (χ2v) is 7.81. The van der Waals surface area contributed by atoms with Crippen molar-refractivity contribution in [2.75, 3.05) is 26.3 Å². The summed E-state index contributed by atoms with van der Waals surface area (Å²) in [6, 6.07) is 7.71. The van der Waals surface area contributed by atoms with Crippen LogP contribution in [0.15, 0.2) is 46.3 Å². The van der Waals surface area contributed by atoms with Crippen LogP contribution in [0.1, 0.15) is 26.7 Å². The lowest BCUT2D eigenvalue weighted by Gasteiger charge is -2.28. The molecule has 1 saturated heterocycles. The Morgan fingerprint density at radius 3 is 2.63 bits per heavy atom. The maximum absolute atomic E-state index is 10.2. The van der Waals surface area contributed by atoms with Crippen LogP contribution in [0.5, 0.6) is 5.88 Å². The Balaban J connectivity index is 0.00000210. The molecule has 1 aromatic carbocycles. The molecule has 0 saturated carbocycles. The van der Waals surface area contributed by atoms with Crippen LogP contribution in [0.2, 0.25) is 0 Å². The zero-order chi connectivity index (χ0) is 18.1. The lowest BCUT2D eigenvalue weighted by molar-refractivity contribution is -0.550. The van der Waals surface area contributed by atoms with Crippen molar-refractivity contribution in [1.82, 2.24) is 4.98 Å². The Kier molecular flexibility index (Phi) is 6.00. The maximum Gasteiger partial charge on any atom is 0.218 e. The minimum atomic E-state index is 0. The molecule has 1 aliphatic carbocycles. The van der Waals surface area contributed by atoms with E-state index >= 15 is 0 Å². The van der Waals surface area contributed by atoms with Gasteiger partial charge in [-0.1, -0.05) is 32.0 Å². The van der Waals surface area contributed by atoms with E-state index in [4.69, 9.17) is 4.74 Å². The molecule has 144 valence electrons. The highest BCUT2D eigenvalue weighted by Crippen LogP contribution is 2.38. The first-order chi connectivity index (χ1) is 12.5. The van der Waals surface area contributed by atoms with E-state index in [9.17, 15) is 5.11 Å². The Morgan fingerprint density at radius 2 is 1.85 bits per heavy atom. The van der Waals surface area contributed by atoms with Crippen LogP contribution in [0.25, 0.3) is 10.9 Å². The average Bonchev–Trinajstić information content (AvgIpc) is 2.94. The van der Waals surface area contributed by atoms with Crippen molar-refractivity contribution in [3.8, 4) is 5.88 Å². The van der Waals surface area contributed by atoms with Gasteiger partial charge in [0.1, 0.15) is 13.2 Å². The number of nitrogens with zero attached hydrogens (tertiary/aromatic N) is 3. The van der Waals surface area contributed by atoms with Gasteiger partial charge in [0.15, 0.2) is 24.5 Å². The number of aromatic hydroxyl groups is 1. The highest BCUT2D eigenvalue weighted by atomic mass is 127. The summed E-state index contributed by atoms with van der Waals surface area (Å²) in [5.41, 5.74) is 3.75. The number of aromatic amines is 1. The number of aromatic nitrogens is 1. The van der Waals surface area contributed by atoms with Crippen LogP contribution < -0.4 is 24.0 Å². The molecule has 27 heavy (non-hydrogen) atoms. The van der Waals surface area contributed by atoms with Crippen molar-refractivity contribution in [1.29, 1.82) is 0 Å². The van der Waals surface area contributed by atoms with Crippen LogP contribution in [0.4, 0.5) is 5.69 Å². The number of allylic oxidation sites excluding steroid dienone is 2. The summed E-state index contributed by atoms with van der Waals surface area (Å²) < 4.78 is 7.86. The number of nitrogens with one attached hydrogen (secondary N) is 1. The molecule has 7 heteroatoms. The molecule has 1 fully saturated rings. The van der Waals surface area contributed by atoms with Gasteiger partial charge in [0.25, 0.3) is 0 Å². The molecule has 0 unspecified atom stereocenters. The Hall–Kier alpha value is -1.74. The van der Waals surface area contributed by atoms with Gasteiger partial charge in [0.05, 0.1) is 11.2 Å². The minimum Gasteiger partial charge on any atom is -1.00 e. The molecule has 0 radical (unpaired) electrons. The van der Waals surface area contributed by atoms with Crippen LogP contribution in [0.3, 0.4) is 0 Å². The highest BCUT2D eigenvalue weighted by molar-refractivity contribution is 5.94. The summed E-state index contributed by atoms with van der Waals surface area (Å²) in [7, 11) is 0. The number of morpholine rings is 1. The van der Waals surface area contributed by atoms with Crippen molar-refractivity contribution in [2.45, 2.75) is 26.7 Å². The quantitative estimate of drug-likeness (QED) is 0.385. The van der Waals surface area contributed by atoms with Gasteiger partial charge in [-0.3, -0.25) is 0 Å². The van der Waals surface area contributed by atoms with Gasteiger partial charge >= 0.3 is 0 Å². The molecule has 0 spiro atoms. The predicted octanol–water partition coefficient (Wildman–Crippen LogP) is 1.15. The molecule has 2 aliphatic rings. The maximum atomic E-state index is 10.2. The fourth-order valence-electron chi connectivity index (χ4n) is 3.78. The van der Waals surface area contributed by atoms with Gasteiger partial charge in [-0.2, -0.15) is 5.11 Å². The molecular weight excluding hydrogens is 455 g/mol. The molecule has 0 atom stereocenters. The van der Waals surface area contributed by atoms with Gasteiger partial charge in [0.2, 0.25) is 5.88 Å². The van der Waals surface area contributed by atoms with Crippen LogP contribution in [-0.4, -0.2) is 46.7 Å². The molecule has 6 nitrogen and oxygen atoms in total. The third-order valence-corrected chi connectivity index (χ3v) is 5.01. The summed E-state index contributed by atoms with van der Waals surface area (Å²) in [5.74, 6) is 0.0583. The second-order valence-electron chi connectivity index (χ2n) is 7.81. The van der Waals surface area contributed by atoms with E-state index in [1.165, 1.54) is 5.71 Å². The smallest absolute Gasteiger partial charge is 0.218 e. The molecule has 2 N–H and O–H groups in total. The normalized spacial score (nSPS) is 20.0. The monoisotopic (exact) mass is 480 g/mol. The van der Waals surface area contributed by atoms with E-state index in [1.54, 1.807) is 0 Å². The van der Waals surface area contributed by atoms with Crippen molar-refractivity contribution in [3.63, 3.8) is 0 Å². The number of para-hydroxylation sites is 1. The number of fused-ring (bicyclic) bond motifs is 1. The van der Waals surface area contributed by atoms with Gasteiger partial charge < -0.3 is 38.8 Å². The highest BCUT2D eigenvalue weighted by Gasteiger charge is 2.32. The standard InChI is InChI=1S/C20H24N4O2.HI/c1-20(2)12-14(11-15(13-20)24-7-9-26-10-8-24)22-23-18-16-5-3-4-6-17(16)21-19(18)25;/h3-6,11H,7-10,12-13H2,1-2H3,(H,21,23,25);1H. The fraction of sp³-hybridized carbons (Fsp3) is 0.450. The predicted molar refractivity (Wildman–Crippen MR) is 101 cm³/mol. The lowest BCUT2D eigenvalue weighted by Crippen LogP contribution is -3.00. The van der Waals surface area contributed by atoms with E-state index in [0.717, 1.165) is 55.7 Å². The molecule has 0 amide bonds. The number of hydrogen-bond acceptors (Lipinski definition) is 4. The second kappa shape index (κ2) is 8.10. The number of hydrogen-bond donors (Lipinski definition) is 2. The summed E-state index contributed by atoms with van der Waals surface area (Å²) in [6.07, 6.45) is 4.06. The number of ether oxygens (including phenoxy) is 1. The Labute approximate surface area is 176 Å².